The van der Waals surface area contributed by atoms with E-state index in [1.807, 2.05) is 18.7 Å². The Labute approximate surface area is 95.1 Å². The van der Waals surface area contributed by atoms with Gasteiger partial charge in [-0.05, 0) is 13.3 Å². The summed E-state index contributed by atoms with van der Waals surface area (Å²) in [4.78, 5) is 9.76. The van der Waals surface area contributed by atoms with E-state index in [9.17, 15) is 9.50 Å². The number of aryl methyl sites for hydroxylation is 1. The molecule has 0 spiro atoms. The molecule has 0 bridgehead atoms. The quantitative estimate of drug-likeness (QED) is 0.790. The molecule has 4 nitrogen and oxygen atoms in total. The first kappa shape index (κ1) is 12.8. The molecule has 2 rings (SSSR count). The van der Waals surface area contributed by atoms with Gasteiger partial charge in [0.1, 0.15) is 0 Å². The van der Waals surface area contributed by atoms with Crippen LogP contribution in [0.3, 0.4) is 0 Å². The van der Waals surface area contributed by atoms with Crippen LogP contribution in [0.5, 0.6) is 0 Å². The van der Waals surface area contributed by atoms with Crippen molar-refractivity contribution in [1.29, 1.82) is 0 Å². The fraction of sp³-hybridized carbons (Fsp3) is 0.636. The zero-order chi connectivity index (χ0) is 12.1. The number of hydrogen-bond acceptors (Lipinski definition) is 4. The van der Waals surface area contributed by atoms with E-state index in [2.05, 4.69) is 9.97 Å². The van der Waals surface area contributed by atoms with E-state index in [0.717, 1.165) is 13.0 Å². The van der Waals surface area contributed by atoms with Crippen LogP contribution in [0, 0.1) is 12.7 Å². The molecule has 1 unspecified atom stereocenters. The predicted octanol–water partition coefficient (Wildman–Crippen LogP) is 1.52. The van der Waals surface area contributed by atoms with Crippen molar-refractivity contribution in [3.05, 3.63) is 17.7 Å². The third-order valence-electron chi connectivity index (χ3n) is 2.35. The van der Waals surface area contributed by atoms with Gasteiger partial charge in [0.25, 0.3) is 0 Å². The van der Waals surface area contributed by atoms with Gasteiger partial charge in [0, 0.05) is 13.1 Å². The number of aromatic nitrogens is 2. The summed E-state index contributed by atoms with van der Waals surface area (Å²) in [7, 11) is 0. The number of anilines is 1. The second kappa shape index (κ2) is 5.75. The molecular weight excluding hydrogens is 209 g/mol. The Bertz CT molecular complexity index is 346. The van der Waals surface area contributed by atoms with E-state index in [1.54, 1.807) is 6.92 Å². The van der Waals surface area contributed by atoms with Gasteiger partial charge in [-0.1, -0.05) is 13.8 Å². The first-order chi connectivity index (χ1) is 7.66. The van der Waals surface area contributed by atoms with Gasteiger partial charge >= 0.3 is 0 Å². The van der Waals surface area contributed by atoms with Crippen LogP contribution in [0.25, 0.3) is 0 Å². The molecule has 1 aliphatic heterocycles. The molecule has 0 amide bonds. The van der Waals surface area contributed by atoms with Gasteiger partial charge in [-0.15, -0.1) is 0 Å². The van der Waals surface area contributed by atoms with Gasteiger partial charge in [0.2, 0.25) is 5.95 Å². The zero-order valence-electron chi connectivity index (χ0n) is 9.94. The van der Waals surface area contributed by atoms with Crippen LogP contribution in [-0.4, -0.2) is 34.3 Å². The molecule has 1 aliphatic rings. The zero-order valence-corrected chi connectivity index (χ0v) is 9.94. The standard InChI is InChI=1S/C9H12FN3O.C2H6/c1-6-8(10)4-11-9(12-6)13-3-2-7(14)5-13;1-2/h4,7,14H,2-3,5H2,1H3;1-2H3. The van der Waals surface area contributed by atoms with Crippen LogP contribution in [0.4, 0.5) is 10.3 Å². The van der Waals surface area contributed by atoms with Gasteiger partial charge in [-0.25, -0.2) is 14.4 Å². The van der Waals surface area contributed by atoms with Crippen molar-refractivity contribution in [3.63, 3.8) is 0 Å². The summed E-state index contributed by atoms with van der Waals surface area (Å²) in [5.74, 6) is 0.106. The molecule has 1 fully saturated rings. The van der Waals surface area contributed by atoms with E-state index in [0.29, 0.717) is 18.2 Å². The SMILES string of the molecule is CC.Cc1nc(N2CCC(O)C2)ncc1F. The number of hydrogen-bond donors (Lipinski definition) is 1. The molecule has 1 aromatic rings. The third kappa shape index (κ3) is 2.88. The average Bonchev–Trinajstić information content (AvgIpc) is 2.72. The number of aliphatic hydroxyl groups excluding tert-OH is 1. The summed E-state index contributed by atoms with van der Waals surface area (Å²) in [6, 6.07) is 0. The van der Waals surface area contributed by atoms with Crippen molar-refractivity contribution in [3.8, 4) is 0 Å². The van der Waals surface area contributed by atoms with Crippen molar-refractivity contribution in [1.82, 2.24) is 9.97 Å². The van der Waals surface area contributed by atoms with Crippen molar-refractivity contribution < 1.29 is 9.50 Å². The Balaban J connectivity index is 0.000000606. The molecule has 0 aliphatic carbocycles. The monoisotopic (exact) mass is 227 g/mol. The molecule has 2 heterocycles. The number of rotatable bonds is 1. The Hall–Kier alpha value is -1.23. The summed E-state index contributed by atoms with van der Waals surface area (Å²) in [6.45, 7) is 6.87. The van der Waals surface area contributed by atoms with Crippen molar-refractivity contribution in [2.24, 2.45) is 0 Å². The molecule has 1 atom stereocenters. The number of halogens is 1. The fourth-order valence-corrected chi connectivity index (χ4v) is 1.52. The minimum absolute atomic E-state index is 0.316. The minimum Gasteiger partial charge on any atom is -0.391 e. The maximum Gasteiger partial charge on any atom is 0.225 e. The third-order valence-corrected chi connectivity index (χ3v) is 2.35. The highest BCUT2D eigenvalue weighted by atomic mass is 19.1. The van der Waals surface area contributed by atoms with Crippen LogP contribution in [0.1, 0.15) is 26.0 Å². The van der Waals surface area contributed by atoms with Crippen LogP contribution >= 0.6 is 0 Å². The summed E-state index contributed by atoms with van der Waals surface area (Å²) in [5.41, 5.74) is 0.344. The van der Waals surface area contributed by atoms with Crippen molar-refractivity contribution in [2.75, 3.05) is 18.0 Å². The fourth-order valence-electron chi connectivity index (χ4n) is 1.52. The van der Waals surface area contributed by atoms with Crippen molar-refractivity contribution >= 4 is 5.95 Å². The minimum atomic E-state index is -0.395. The molecule has 1 N–H and O–H groups in total. The molecule has 1 saturated heterocycles. The first-order valence-electron chi connectivity index (χ1n) is 5.59. The lowest BCUT2D eigenvalue weighted by atomic mass is 10.3. The molecule has 90 valence electrons. The Kier molecular flexibility index (Phi) is 4.61. The van der Waals surface area contributed by atoms with Crippen LogP contribution < -0.4 is 4.90 Å². The Morgan fingerprint density at radius 1 is 1.50 bits per heavy atom. The highest BCUT2D eigenvalue weighted by Gasteiger charge is 2.22. The number of β-amino-alcohol motifs (C(OH)–C–C–N with tert-alkyl or cyclic N) is 1. The Morgan fingerprint density at radius 3 is 2.69 bits per heavy atom. The lowest BCUT2D eigenvalue weighted by molar-refractivity contribution is 0.198. The van der Waals surface area contributed by atoms with E-state index in [1.165, 1.54) is 6.20 Å². The van der Waals surface area contributed by atoms with Gasteiger partial charge in [0.15, 0.2) is 5.82 Å². The topological polar surface area (TPSA) is 49.2 Å². The van der Waals surface area contributed by atoms with Gasteiger partial charge in [0.05, 0.1) is 18.0 Å². The maximum atomic E-state index is 12.9. The summed E-state index contributed by atoms with van der Waals surface area (Å²) < 4.78 is 12.9. The van der Waals surface area contributed by atoms with E-state index >= 15 is 0 Å². The summed E-state index contributed by atoms with van der Waals surface area (Å²) in [6.07, 6.45) is 1.58. The Morgan fingerprint density at radius 2 is 2.19 bits per heavy atom. The molecule has 5 heteroatoms. The predicted molar refractivity (Wildman–Crippen MR) is 60.9 cm³/mol. The van der Waals surface area contributed by atoms with Crippen LogP contribution in [-0.2, 0) is 0 Å². The molecule has 0 aromatic carbocycles. The lowest BCUT2D eigenvalue weighted by Crippen LogP contribution is -2.23. The first-order valence-corrected chi connectivity index (χ1v) is 5.59. The normalized spacial score (nSPS) is 19.3. The smallest absolute Gasteiger partial charge is 0.225 e. The molecule has 0 saturated carbocycles. The molecule has 0 radical (unpaired) electrons. The second-order valence-electron chi connectivity index (χ2n) is 3.49. The molecule has 16 heavy (non-hydrogen) atoms. The van der Waals surface area contributed by atoms with Crippen LogP contribution in [0.2, 0.25) is 0 Å². The lowest BCUT2D eigenvalue weighted by Gasteiger charge is -2.15. The number of nitrogens with zero attached hydrogens (tertiary/aromatic N) is 3. The van der Waals surface area contributed by atoms with Gasteiger partial charge in [-0.3, -0.25) is 0 Å². The number of aliphatic hydroxyl groups is 1. The average molecular weight is 227 g/mol. The van der Waals surface area contributed by atoms with Crippen LogP contribution in [0.15, 0.2) is 6.20 Å². The van der Waals surface area contributed by atoms with E-state index in [-0.39, 0.29) is 6.10 Å². The summed E-state index contributed by atoms with van der Waals surface area (Å²) >= 11 is 0. The summed E-state index contributed by atoms with van der Waals surface area (Å²) in [5, 5.41) is 9.31. The van der Waals surface area contributed by atoms with Gasteiger partial charge in [-0.2, -0.15) is 0 Å². The van der Waals surface area contributed by atoms with Crippen molar-refractivity contribution in [2.45, 2.75) is 33.3 Å². The van der Waals surface area contributed by atoms with E-state index < -0.39 is 5.82 Å². The second-order valence-corrected chi connectivity index (χ2v) is 3.49. The highest BCUT2D eigenvalue weighted by Crippen LogP contribution is 2.16. The highest BCUT2D eigenvalue weighted by molar-refractivity contribution is 5.32. The maximum absolute atomic E-state index is 12.9. The van der Waals surface area contributed by atoms with E-state index in [4.69, 9.17) is 0 Å². The largest absolute Gasteiger partial charge is 0.391 e. The molecular formula is C11H18FN3O. The van der Waals surface area contributed by atoms with Gasteiger partial charge < -0.3 is 10.0 Å². The molecule has 1 aromatic heterocycles.